The molecule has 0 amide bonds. The van der Waals surface area contributed by atoms with E-state index >= 15 is 0 Å². The number of hydrogen-bond acceptors (Lipinski definition) is 2. The van der Waals surface area contributed by atoms with Crippen LogP contribution in [0, 0.1) is 5.82 Å². The van der Waals surface area contributed by atoms with Crippen LogP contribution in [0.2, 0.25) is 0 Å². The molecule has 0 saturated carbocycles. The lowest BCUT2D eigenvalue weighted by molar-refractivity contribution is 0.112. The van der Waals surface area contributed by atoms with E-state index in [1.807, 2.05) is 36.5 Å². The first-order valence-corrected chi connectivity index (χ1v) is 6.13. The first-order chi connectivity index (χ1) is 9.78. The molecule has 0 fully saturated rings. The minimum atomic E-state index is -0.425. The Kier molecular flexibility index (Phi) is 3.13. The largest absolute Gasteiger partial charge is 0.298 e. The van der Waals surface area contributed by atoms with Gasteiger partial charge in [-0.05, 0) is 29.8 Å². The fourth-order valence-electron chi connectivity index (χ4n) is 2.08. The molecule has 0 saturated heterocycles. The SMILES string of the molecule is O=Cc1cc(F)ccc1-c1cnn(-c2ccccc2)c1. The van der Waals surface area contributed by atoms with E-state index in [4.69, 9.17) is 0 Å². The second-order valence-corrected chi connectivity index (χ2v) is 4.36. The summed E-state index contributed by atoms with van der Waals surface area (Å²) >= 11 is 0. The van der Waals surface area contributed by atoms with Crippen molar-refractivity contribution in [1.29, 1.82) is 0 Å². The second-order valence-electron chi connectivity index (χ2n) is 4.36. The third-order valence-corrected chi connectivity index (χ3v) is 3.05. The summed E-state index contributed by atoms with van der Waals surface area (Å²) in [6.07, 6.45) is 4.13. The molecule has 3 rings (SSSR count). The maximum absolute atomic E-state index is 13.1. The van der Waals surface area contributed by atoms with Crippen molar-refractivity contribution in [3.63, 3.8) is 0 Å². The van der Waals surface area contributed by atoms with E-state index in [2.05, 4.69) is 5.10 Å². The van der Waals surface area contributed by atoms with Crippen molar-refractivity contribution in [3.05, 3.63) is 72.3 Å². The van der Waals surface area contributed by atoms with Crippen LogP contribution in [0.15, 0.2) is 60.9 Å². The van der Waals surface area contributed by atoms with Crippen molar-refractivity contribution >= 4 is 6.29 Å². The number of carbonyl (C=O) groups excluding carboxylic acids is 1. The van der Waals surface area contributed by atoms with Crippen molar-refractivity contribution in [3.8, 4) is 16.8 Å². The maximum Gasteiger partial charge on any atom is 0.150 e. The molecule has 0 unspecified atom stereocenters. The van der Waals surface area contributed by atoms with E-state index in [1.165, 1.54) is 12.1 Å². The molecule has 0 N–H and O–H groups in total. The number of nitrogens with zero attached hydrogens (tertiary/aromatic N) is 2. The van der Waals surface area contributed by atoms with Gasteiger partial charge in [0, 0.05) is 17.3 Å². The van der Waals surface area contributed by atoms with E-state index in [1.54, 1.807) is 16.9 Å². The van der Waals surface area contributed by atoms with Gasteiger partial charge in [-0.2, -0.15) is 5.10 Å². The smallest absolute Gasteiger partial charge is 0.150 e. The molecule has 2 aromatic carbocycles. The average Bonchev–Trinajstić information content (AvgIpc) is 2.97. The molecular formula is C16H11FN2O. The maximum atomic E-state index is 13.1. The van der Waals surface area contributed by atoms with Gasteiger partial charge in [0.05, 0.1) is 11.9 Å². The number of para-hydroxylation sites is 1. The standard InChI is InChI=1S/C16H11FN2O/c17-14-6-7-16(12(8-14)11-20)13-9-18-19(10-13)15-4-2-1-3-5-15/h1-11H. The summed E-state index contributed by atoms with van der Waals surface area (Å²) in [7, 11) is 0. The van der Waals surface area contributed by atoms with E-state index in [0.29, 0.717) is 17.4 Å². The lowest BCUT2D eigenvalue weighted by atomic mass is 10.0. The predicted molar refractivity (Wildman–Crippen MR) is 74.3 cm³/mol. The van der Waals surface area contributed by atoms with Crippen molar-refractivity contribution < 1.29 is 9.18 Å². The molecule has 1 aromatic heterocycles. The van der Waals surface area contributed by atoms with E-state index in [9.17, 15) is 9.18 Å². The quantitative estimate of drug-likeness (QED) is 0.680. The van der Waals surface area contributed by atoms with Crippen LogP contribution in [-0.4, -0.2) is 16.1 Å². The number of aldehydes is 1. The fraction of sp³-hybridized carbons (Fsp3) is 0. The zero-order valence-corrected chi connectivity index (χ0v) is 10.5. The summed E-state index contributed by atoms with van der Waals surface area (Å²) in [6.45, 7) is 0. The third kappa shape index (κ3) is 2.23. The van der Waals surface area contributed by atoms with Gasteiger partial charge in [0.2, 0.25) is 0 Å². The third-order valence-electron chi connectivity index (χ3n) is 3.05. The van der Waals surface area contributed by atoms with Crippen LogP contribution in [0.25, 0.3) is 16.8 Å². The van der Waals surface area contributed by atoms with Gasteiger partial charge in [0.1, 0.15) is 5.82 Å². The van der Waals surface area contributed by atoms with Crippen molar-refractivity contribution in [1.82, 2.24) is 9.78 Å². The predicted octanol–water partition coefficient (Wildman–Crippen LogP) is 3.49. The Bertz CT molecular complexity index is 750. The van der Waals surface area contributed by atoms with Crippen molar-refractivity contribution in [2.45, 2.75) is 0 Å². The van der Waals surface area contributed by atoms with Crippen LogP contribution in [0.4, 0.5) is 4.39 Å². The molecule has 1 heterocycles. The van der Waals surface area contributed by atoms with Gasteiger partial charge in [-0.25, -0.2) is 9.07 Å². The normalized spacial score (nSPS) is 10.4. The summed E-state index contributed by atoms with van der Waals surface area (Å²) in [5.41, 5.74) is 2.69. The Morgan fingerprint density at radius 3 is 2.65 bits per heavy atom. The first-order valence-electron chi connectivity index (χ1n) is 6.13. The summed E-state index contributed by atoms with van der Waals surface area (Å²) in [5.74, 6) is -0.425. The topological polar surface area (TPSA) is 34.9 Å². The van der Waals surface area contributed by atoms with E-state index in [0.717, 1.165) is 11.3 Å². The van der Waals surface area contributed by atoms with Crippen LogP contribution >= 0.6 is 0 Å². The zero-order valence-electron chi connectivity index (χ0n) is 10.5. The molecule has 98 valence electrons. The monoisotopic (exact) mass is 266 g/mol. The average molecular weight is 266 g/mol. The van der Waals surface area contributed by atoms with Gasteiger partial charge >= 0.3 is 0 Å². The van der Waals surface area contributed by atoms with Gasteiger partial charge in [0.25, 0.3) is 0 Å². The Labute approximate surface area is 115 Å². The van der Waals surface area contributed by atoms with Crippen LogP contribution in [-0.2, 0) is 0 Å². The van der Waals surface area contributed by atoms with Gasteiger partial charge in [-0.1, -0.05) is 24.3 Å². The molecule has 0 radical (unpaired) electrons. The zero-order chi connectivity index (χ0) is 13.9. The highest BCUT2D eigenvalue weighted by atomic mass is 19.1. The molecule has 3 nitrogen and oxygen atoms in total. The molecule has 0 bridgehead atoms. The Hall–Kier alpha value is -2.75. The second kappa shape index (κ2) is 5.09. The highest BCUT2D eigenvalue weighted by molar-refractivity contribution is 5.87. The minimum absolute atomic E-state index is 0.317. The van der Waals surface area contributed by atoms with Crippen LogP contribution in [0.1, 0.15) is 10.4 Å². The molecule has 4 heteroatoms. The van der Waals surface area contributed by atoms with Crippen LogP contribution in [0.3, 0.4) is 0 Å². The number of aromatic nitrogens is 2. The summed E-state index contributed by atoms with van der Waals surface area (Å²) in [5, 5.41) is 4.27. The summed E-state index contributed by atoms with van der Waals surface area (Å²) < 4.78 is 14.9. The molecular weight excluding hydrogens is 255 g/mol. The van der Waals surface area contributed by atoms with Gasteiger partial charge in [0.15, 0.2) is 6.29 Å². The number of benzene rings is 2. The number of rotatable bonds is 3. The van der Waals surface area contributed by atoms with E-state index < -0.39 is 5.82 Å². The number of hydrogen-bond donors (Lipinski definition) is 0. The van der Waals surface area contributed by atoms with Crippen LogP contribution in [0.5, 0.6) is 0 Å². The molecule has 0 aliphatic heterocycles. The molecule has 0 spiro atoms. The Morgan fingerprint density at radius 1 is 1.10 bits per heavy atom. The Balaban J connectivity index is 2.05. The lowest BCUT2D eigenvalue weighted by Crippen LogP contribution is -1.92. The highest BCUT2D eigenvalue weighted by Gasteiger charge is 2.08. The highest BCUT2D eigenvalue weighted by Crippen LogP contribution is 2.24. The van der Waals surface area contributed by atoms with Crippen LogP contribution < -0.4 is 0 Å². The van der Waals surface area contributed by atoms with Gasteiger partial charge in [-0.3, -0.25) is 4.79 Å². The first kappa shape index (κ1) is 12.3. The molecule has 0 aliphatic carbocycles. The lowest BCUT2D eigenvalue weighted by Gasteiger charge is -2.02. The number of halogens is 1. The van der Waals surface area contributed by atoms with Crippen molar-refractivity contribution in [2.24, 2.45) is 0 Å². The summed E-state index contributed by atoms with van der Waals surface area (Å²) in [4.78, 5) is 11.0. The Morgan fingerprint density at radius 2 is 1.90 bits per heavy atom. The van der Waals surface area contributed by atoms with E-state index in [-0.39, 0.29) is 0 Å². The molecule has 0 atom stereocenters. The molecule has 20 heavy (non-hydrogen) atoms. The summed E-state index contributed by atoms with van der Waals surface area (Å²) in [6, 6.07) is 13.8. The number of carbonyl (C=O) groups is 1. The molecule has 3 aromatic rings. The van der Waals surface area contributed by atoms with Gasteiger partial charge < -0.3 is 0 Å². The van der Waals surface area contributed by atoms with Gasteiger partial charge in [-0.15, -0.1) is 0 Å². The minimum Gasteiger partial charge on any atom is -0.298 e. The van der Waals surface area contributed by atoms with Crippen molar-refractivity contribution in [2.75, 3.05) is 0 Å². The fourth-order valence-corrected chi connectivity index (χ4v) is 2.08. The molecule has 0 aliphatic rings.